The van der Waals surface area contributed by atoms with Gasteiger partial charge in [0.1, 0.15) is 11.5 Å². The quantitative estimate of drug-likeness (QED) is 0.163. The molecule has 0 bridgehead atoms. The standard InChI is InChI=1S/C25H32O3/c1-3-5-6-7-8-9-10-11-20-27-23-16-12-21(13-17-23)22-14-18-24(19-15-22)28-25(26)4-2/h4,12-19H,2-3,5-11,20H2,1H3. The molecule has 3 heteroatoms. The number of carbonyl (C=O) groups excluding carboxylic acids is 1. The van der Waals surface area contributed by atoms with Crippen molar-refractivity contribution in [1.29, 1.82) is 0 Å². The van der Waals surface area contributed by atoms with Crippen LogP contribution in [0.4, 0.5) is 0 Å². The van der Waals surface area contributed by atoms with Gasteiger partial charge in [-0.1, -0.05) is 82.7 Å². The maximum Gasteiger partial charge on any atom is 0.335 e. The molecule has 2 rings (SSSR count). The summed E-state index contributed by atoms with van der Waals surface area (Å²) in [5, 5.41) is 0. The minimum absolute atomic E-state index is 0.453. The molecule has 28 heavy (non-hydrogen) atoms. The van der Waals surface area contributed by atoms with Crippen molar-refractivity contribution in [3.63, 3.8) is 0 Å². The third-order valence-electron chi connectivity index (χ3n) is 4.69. The molecule has 0 saturated heterocycles. The van der Waals surface area contributed by atoms with Crippen molar-refractivity contribution in [3.05, 3.63) is 61.2 Å². The van der Waals surface area contributed by atoms with Gasteiger partial charge in [-0.25, -0.2) is 4.79 Å². The Morgan fingerprint density at radius 2 is 1.29 bits per heavy atom. The summed E-state index contributed by atoms with van der Waals surface area (Å²) in [5.41, 5.74) is 2.16. The Balaban J connectivity index is 1.70. The molecule has 0 N–H and O–H groups in total. The van der Waals surface area contributed by atoms with Crippen LogP contribution in [0.2, 0.25) is 0 Å². The first-order valence-corrected chi connectivity index (χ1v) is 10.4. The van der Waals surface area contributed by atoms with E-state index in [-0.39, 0.29) is 0 Å². The van der Waals surface area contributed by atoms with Gasteiger partial charge in [0.25, 0.3) is 0 Å². The highest BCUT2D eigenvalue weighted by Gasteiger charge is 2.02. The maximum absolute atomic E-state index is 11.2. The van der Waals surface area contributed by atoms with Crippen molar-refractivity contribution in [2.75, 3.05) is 6.61 Å². The SMILES string of the molecule is C=CC(=O)Oc1ccc(-c2ccc(OCCCCCCCCCC)cc2)cc1. The fourth-order valence-corrected chi connectivity index (χ4v) is 3.04. The summed E-state index contributed by atoms with van der Waals surface area (Å²) in [5.74, 6) is 0.966. The van der Waals surface area contributed by atoms with E-state index in [0.29, 0.717) is 5.75 Å². The Morgan fingerprint density at radius 3 is 1.82 bits per heavy atom. The van der Waals surface area contributed by atoms with Crippen LogP contribution in [-0.2, 0) is 4.79 Å². The molecule has 0 radical (unpaired) electrons. The van der Waals surface area contributed by atoms with E-state index < -0.39 is 5.97 Å². The van der Waals surface area contributed by atoms with Gasteiger partial charge in [-0.3, -0.25) is 0 Å². The molecule has 2 aromatic carbocycles. The van der Waals surface area contributed by atoms with Crippen LogP contribution in [0.15, 0.2) is 61.2 Å². The largest absolute Gasteiger partial charge is 0.494 e. The molecule has 0 aliphatic rings. The highest BCUT2D eigenvalue weighted by Crippen LogP contribution is 2.25. The second-order valence-electron chi connectivity index (χ2n) is 7.00. The fourth-order valence-electron chi connectivity index (χ4n) is 3.04. The van der Waals surface area contributed by atoms with E-state index in [2.05, 4.69) is 13.5 Å². The van der Waals surface area contributed by atoms with Gasteiger partial charge < -0.3 is 9.47 Å². The van der Waals surface area contributed by atoms with Crippen LogP contribution < -0.4 is 9.47 Å². The Morgan fingerprint density at radius 1 is 0.786 bits per heavy atom. The van der Waals surface area contributed by atoms with E-state index >= 15 is 0 Å². The molecule has 0 aliphatic heterocycles. The molecular weight excluding hydrogens is 348 g/mol. The normalized spacial score (nSPS) is 10.5. The van der Waals surface area contributed by atoms with Gasteiger partial charge >= 0.3 is 5.97 Å². The summed E-state index contributed by atoms with van der Waals surface area (Å²) in [6.45, 7) is 6.42. The zero-order chi connectivity index (χ0) is 20.0. The van der Waals surface area contributed by atoms with Crippen LogP contribution >= 0.6 is 0 Å². The van der Waals surface area contributed by atoms with Gasteiger partial charge in [-0.15, -0.1) is 0 Å². The fraction of sp³-hybridized carbons (Fsp3) is 0.400. The minimum atomic E-state index is -0.453. The van der Waals surface area contributed by atoms with Crippen molar-refractivity contribution in [2.24, 2.45) is 0 Å². The number of unbranched alkanes of at least 4 members (excludes halogenated alkanes) is 7. The van der Waals surface area contributed by atoms with Crippen molar-refractivity contribution in [1.82, 2.24) is 0 Å². The lowest BCUT2D eigenvalue weighted by atomic mass is 10.1. The van der Waals surface area contributed by atoms with Crippen molar-refractivity contribution in [3.8, 4) is 22.6 Å². The van der Waals surface area contributed by atoms with Gasteiger partial charge in [-0.05, 0) is 41.8 Å². The summed E-state index contributed by atoms with van der Waals surface area (Å²) in [7, 11) is 0. The Labute approximate surface area is 169 Å². The first-order valence-electron chi connectivity index (χ1n) is 10.4. The summed E-state index contributed by atoms with van der Waals surface area (Å²) < 4.78 is 10.9. The molecule has 0 fully saturated rings. The topological polar surface area (TPSA) is 35.5 Å². The monoisotopic (exact) mass is 380 g/mol. The lowest BCUT2D eigenvalue weighted by Crippen LogP contribution is -2.02. The average molecular weight is 381 g/mol. The zero-order valence-corrected chi connectivity index (χ0v) is 17.0. The molecule has 0 aliphatic carbocycles. The van der Waals surface area contributed by atoms with E-state index in [0.717, 1.165) is 36.0 Å². The van der Waals surface area contributed by atoms with Crippen LogP contribution in [-0.4, -0.2) is 12.6 Å². The molecule has 0 heterocycles. The van der Waals surface area contributed by atoms with Gasteiger partial charge in [0.15, 0.2) is 0 Å². The van der Waals surface area contributed by atoms with Crippen LogP contribution in [0.1, 0.15) is 58.3 Å². The zero-order valence-electron chi connectivity index (χ0n) is 17.0. The van der Waals surface area contributed by atoms with E-state index in [9.17, 15) is 4.79 Å². The first kappa shape index (κ1) is 21.7. The molecule has 0 amide bonds. The number of hydrogen-bond acceptors (Lipinski definition) is 3. The number of hydrogen-bond donors (Lipinski definition) is 0. The molecule has 0 saturated carbocycles. The van der Waals surface area contributed by atoms with Gasteiger partial charge in [-0.2, -0.15) is 0 Å². The highest BCUT2D eigenvalue weighted by molar-refractivity contribution is 5.83. The highest BCUT2D eigenvalue weighted by atomic mass is 16.5. The lowest BCUT2D eigenvalue weighted by Gasteiger charge is -2.08. The summed E-state index contributed by atoms with van der Waals surface area (Å²) in [6, 6.07) is 15.5. The maximum atomic E-state index is 11.2. The van der Waals surface area contributed by atoms with E-state index in [4.69, 9.17) is 9.47 Å². The Hall–Kier alpha value is -2.55. The molecule has 0 unspecified atom stereocenters. The van der Waals surface area contributed by atoms with E-state index in [1.807, 2.05) is 36.4 Å². The Bertz CT molecular complexity index is 702. The molecule has 0 aromatic heterocycles. The Kier molecular flexibility index (Phi) is 9.92. The number of carbonyl (C=O) groups is 1. The second-order valence-corrected chi connectivity index (χ2v) is 7.00. The lowest BCUT2D eigenvalue weighted by molar-refractivity contribution is -0.128. The number of rotatable bonds is 13. The smallest absolute Gasteiger partial charge is 0.335 e. The van der Waals surface area contributed by atoms with Crippen molar-refractivity contribution >= 4 is 5.97 Å². The summed E-state index contributed by atoms with van der Waals surface area (Å²) >= 11 is 0. The molecular formula is C25H32O3. The molecule has 0 atom stereocenters. The third kappa shape index (κ3) is 7.99. The van der Waals surface area contributed by atoms with E-state index in [1.165, 1.54) is 44.9 Å². The first-order chi connectivity index (χ1) is 13.7. The van der Waals surface area contributed by atoms with Crippen LogP contribution in [0.5, 0.6) is 11.5 Å². The van der Waals surface area contributed by atoms with Crippen LogP contribution in [0.25, 0.3) is 11.1 Å². The molecule has 3 nitrogen and oxygen atoms in total. The predicted molar refractivity (Wildman–Crippen MR) is 116 cm³/mol. The van der Waals surface area contributed by atoms with Crippen molar-refractivity contribution < 1.29 is 14.3 Å². The van der Waals surface area contributed by atoms with Crippen LogP contribution in [0.3, 0.4) is 0 Å². The molecule has 2 aromatic rings. The second kappa shape index (κ2) is 12.8. The van der Waals surface area contributed by atoms with E-state index in [1.54, 1.807) is 12.1 Å². The van der Waals surface area contributed by atoms with Crippen LogP contribution in [0, 0.1) is 0 Å². The summed E-state index contributed by atoms with van der Waals surface area (Å²) in [4.78, 5) is 11.2. The molecule has 150 valence electrons. The summed E-state index contributed by atoms with van der Waals surface area (Å²) in [6.07, 6.45) is 11.6. The predicted octanol–water partition coefficient (Wildman–Crippen LogP) is 6.96. The minimum Gasteiger partial charge on any atom is -0.494 e. The number of ether oxygens (including phenoxy) is 2. The number of benzene rings is 2. The van der Waals surface area contributed by atoms with Gasteiger partial charge in [0, 0.05) is 6.08 Å². The van der Waals surface area contributed by atoms with Crippen molar-refractivity contribution in [2.45, 2.75) is 58.3 Å². The average Bonchev–Trinajstić information content (AvgIpc) is 2.73. The van der Waals surface area contributed by atoms with Gasteiger partial charge in [0.05, 0.1) is 6.61 Å². The number of esters is 1. The van der Waals surface area contributed by atoms with Gasteiger partial charge in [0.2, 0.25) is 0 Å². The third-order valence-corrected chi connectivity index (χ3v) is 4.69. The molecule has 0 spiro atoms.